The summed E-state index contributed by atoms with van der Waals surface area (Å²) in [7, 11) is 0. The highest BCUT2D eigenvalue weighted by atomic mass is 35.5. The fraction of sp³-hybridized carbons (Fsp3) is 0.200. The first kappa shape index (κ1) is 12.3. The predicted octanol–water partition coefficient (Wildman–Crippen LogP) is 1.07. The molecule has 18 heavy (non-hydrogen) atoms. The van der Waals surface area contributed by atoms with E-state index >= 15 is 0 Å². The zero-order chi connectivity index (χ0) is 13.1. The highest BCUT2D eigenvalue weighted by molar-refractivity contribution is 6.29. The summed E-state index contributed by atoms with van der Waals surface area (Å²) in [5.41, 5.74) is 5.82. The van der Waals surface area contributed by atoms with Crippen molar-refractivity contribution in [3.8, 4) is 5.82 Å². The van der Waals surface area contributed by atoms with Crippen LogP contribution >= 0.6 is 11.6 Å². The maximum absolute atomic E-state index is 11.6. The minimum absolute atomic E-state index is 0.0743. The van der Waals surface area contributed by atoms with Crippen molar-refractivity contribution in [1.82, 2.24) is 20.0 Å². The van der Waals surface area contributed by atoms with E-state index in [0.29, 0.717) is 5.82 Å². The zero-order valence-corrected chi connectivity index (χ0v) is 10.3. The van der Waals surface area contributed by atoms with Crippen LogP contribution in [-0.2, 0) is 4.74 Å². The van der Waals surface area contributed by atoms with Gasteiger partial charge in [-0.2, -0.15) is 0 Å². The third-order valence-corrected chi connectivity index (χ3v) is 2.29. The van der Waals surface area contributed by atoms with Gasteiger partial charge in [-0.3, -0.25) is 0 Å². The third-order valence-electron chi connectivity index (χ3n) is 2.09. The number of ether oxygens (including phenoxy) is 1. The van der Waals surface area contributed by atoms with Crippen LogP contribution in [-0.4, -0.2) is 32.6 Å². The van der Waals surface area contributed by atoms with E-state index in [0.717, 1.165) is 0 Å². The lowest BCUT2D eigenvalue weighted by Crippen LogP contribution is -2.06. The van der Waals surface area contributed by atoms with E-state index in [4.69, 9.17) is 22.1 Å². The minimum Gasteiger partial charge on any atom is -0.462 e. The SMILES string of the molecule is CCOC(=O)c1cn(-c2ccc(Cl)nn2)nc1N. The Balaban J connectivity index is 2.34. The van der Waals surface area contributed by atoms with Crippen molar-refractivity contribution >= 4 is 23.4 Å². The number of carbonyl (C=O) groups is 1. The maximum Gasteiger partial charge on any atom is 0.343 e. The smallest absolute Gasteiger partial charge is 0.343 e. The summed E-state index contributed by atoms with van der Waals surface area (Å²) in [4.78, 5) is 11.6. The number of anilines is 1. The minimum atomic E-state index is -0.525. The number of hydrogen-bond donors (Lipinski definition) is 1. The van der Waals surface area contributed by atoms with E-state index in [2.05, 4.69) is 15.3 Å². The van der Waals surface area contributed by atoms with Crippen molar-refractivity contribution in [1.29, 1.82) is 0 Å². The van der Waals surface area contributed by atoms with Gasteiger partial charge >= 0.3 is 5.97 Å². The molecule has 0 atom stereocenters. The fourth-order valence-electron chi connectivity index (χ4n) is 1.30. The first-order chi connectivity index (χ1) is 8.61. The first-order valence-corrected chi connectivity index (χ1v) is 5.51. The van der Waals surface area contributed by atoms with Gasteiger partial charge in [-0.25, -0.2) is 9.48 Å². The standard InChI is InChI=1S/C10H10ClN5O2/c1-2-18-10(17)6-5-16(15-9(6)12)8-4-3-7(11)13-14-8/h3-5H,2H2,1H3,(H2,12,15). The molecule has 2 heterocycles. The van der Waals surface area contributed by atoms with Crippen LogP contribution in [0.4, 0.5) is 5.82 Å². The van der Waals surface area contributed by atoms with Crippen molar-refractivity contribution in [3.63, 3.8) is 0 Å². The molecule has 2 aromatic heterocycles. The van der Waals surface area contributed by atoms with Gasteiger partial charge in [-0.15, -0.1) is 15.3 Å². The molecule has 7 nitrogen and oxygen atoms in total. The average molecular weight is 268 g/mol. The molecule has 8 heteroatoms. The highest BCUT2D eigenvalue weighted by Crippen LogP contribution is 2.14. The topological polar surface area (TPSA) is 95.9 Å². The molecule has 0 fully saturated rings. The van der Waals surface area contributed by atoms with E-state index in [-0.39, 0.29) is 23.1 Å². The Morgan fingerprint density at radius 2 is 2.28 bits per heavy atom. The van der Waals surface area contributed by atoms with Crippen LogP contribution in [0.2, 0.25) is 5.15 Å². The summed E-state index contributed by atoms with van der Waals surface area (Å²) in [5.74, 6) is -0.0463. The molecule has 0 amide bonds. The zero-order valence-electron chi connectivity index (χ0n) is 9.50. The largest absolute Gasteiger partial charge is 0.462 e. The van der Waals surface area contributed by atoms with Crippen molar-refractivity contribution in [2.75, 3.05) is 12.3 Å². The number of halogens is 1. The van der Waals surface area contributed by atoms with Gasteiger partial charge in [-0.1, -0.05) is 11.6 Å². The van der Waals surface area contributed by atoms with Crippen molar-refractivity contribution in [3.05, 3.63) is 29.0 Å². The Morgan fingerprint density at radius 1 is 1.50 bits per heavy atom. The van der Waals surface area contributed by atoms with Crippen LogP contribution in [0.1, 0.15) is 17.3 Å². The Hall–Kier alpha value is -2.15. The van der Waals surface area contributed by atoms with Crippen molar-refractivity contribution in [2.24, 2.45) is 0 Å². The van der Waals surface area contributed by atoms with Crippen LogP contribution in [0, 0.1) is 0 Å². The lowest BCUT2D eigenvalue weighted by molar-refractivity contribution is 0.0527. The number of nitrogens with zero attached hydrogens (tertiary/aromatic N) is 4. The van der Waals surface area contributed by atoms with Crippen molar-refractivity contribution in [2.45, 2.75) is 6.92 Å². The summed E-state index contributed by atoms with van der Waals surface area (Å²) in [6, 6.07) is 3.17. The van der Waals surface area contributed by atoms with Gasteiger partial charge in [0.2, 0.25) is 0 Å². The van der Waals surface area contributed by atoms with E-state index in [9.17, 15) is 4.79 Å². The number of nitrogens with two attached hydrogens (primary N) is 1. The molecule has 2 N–H and O–H groups in total. The van der Waals surface area contributed by atoms with E-state index in [1.54, 1.807) is 19.1 Å². The maximum atomic E-state index is 11.6. The number of rotatable bonds is 3. The molecule has 0 bridgehead atoms. The molecule has 0 saturated carbocycles. The number of nitrogen functional groups attached to an aromatic ring is 1. The fourth-order valence-corrected chi connectivity index (χ4v) is 1.40. The van der Waals surface area contributed by atoms with Crippen LogP contribution in [0.5, 0.6) is 0 Å². The lowest BCUT2D eigenvalue weighted by Gasteiger charge is -1.98. The highest BCUT2D eigenvalue weighted by Gasteiger charge is 2.16. The quantitative estimate of drug-likeness (QED) is 0.836. The Morgan fingerprint density at radius 3 is 2.89 bits per heavy atom. The molecule has 0 aliphatic carbocycles. The Kier molecular flexibility index (Phi) is 3.42. The van der Waals surface area contributed by atoms with Gasteiger partial charge in [0.05, 0.1) is 6.61 Å². The number of carbonyl (C=O) groups excluding carboxylic acids is 1. The molecule has 0 saturated heterocycles. The van der Waals surface area contributed by atoms with Gasteiger partial charge in [-0.05, 0) is 19.1 Å². The lowest BCUT2D eigenvalue weighted by atomic mass is 10.3. The molecule has 0 aromatic carbocycles. The molecule has 0 unspecified atom stereocenters. The van der Waals surface area contributed by atoms with E-state index in [1.807, 2.05) is 0 Å². The molecule has 0 spiro atoms. The Bertz CT molecular complexity index is 566. The van der Waals surface area contributed by atoms with E-state index < -0.39 is 5.97 Å². The van der Waals surface area contributed by atoms with E-state index in [1.165, 1.54) is 10.9 Å². The molecule has 94 valence electrons. The first-order valence-electron chi connectivity index (χ1n) is 5.13. The molecule has 0 aliphatic heterocycles. The molecule has 0 aliphatic rings. The van der Waals surface area contributed by atoms with Gasteiger partial charge in [0, 0.05) is 6.20 Å². The summed E-state index contributed by atoms with van der Waals surface area (Å²) < 4.78 is 6.19. The summed E-state index contributed by atoms with van der Waals surface area (Å²) in [6.07, 6.45) is 1.44. The summed E-state index contributed by atoms with van der Waals surface area (Å²) in [6.45, 7) is 1.98. The molecular weight excluding hydrogens is 258 g/mol. The molecule has 2 aromatic rings. The van der Waals surface area contributed by atoms with Crippen LogP contribution in [0.3, 0.4) is 0 Å². The predicted molar refractivity (Wildman–Crippen MR) is 64.5 cm³/mol. The monoisotopic (exact) mass is 267 g/mol. The number of hydrogen-bond acceptors (Lipinski definition) is 6. The van der Waals surface area contributed by atoms with Crippen LogP contribution in [0.15, 0.2) is 18.3 Å². The second-order valence-electron chi connectivity index (χ2n) is 3.31. The van der Waals surface area contributed by atoms with Gasteiger partial charge < -0.3 is 10.5 Å². The van der Waals surface area contributed by atoms with Crippen LogP contribution in [0.25, 0.3) is 5.82 Å². The van der Waals surface area contributed by atoms with Crippen LogP contribution < -0.4 is 5.73 Å². The molecule has 2 rings (SSSR count). The average Bonchev–Trinajstić information content (AvgIpc) is 2.72. The van der Waals surface area contributed by atoms with Gasteiger partial charge in [0.15, 0.2) is 16.8 Å². The molecular formula is C10H10ClN5O2. The van der Waals surface area contributed by atoms with Crippen molar-refractivity contribution < 1.29 is 9.53 Å². The molecule has 0 radical (unpaired) electrons. The van der Waals surface area contributed by atoms with Gasteiger partial charge in [0.25, 0.3) is 0 Å². The number of aromatic nitrogens is 4. The second kappa shape index (κ2) is 5.01. The second-order valence-corrected chi connectivity index (χ2v) is 3.69. The summed E-state index contributed by atoms with van der Waals surface area (Å²) in [5, 5.41) is 11.7. The Labute approximate surface area is 108 Å². The summed E-state index contributed by atoms with van der Waals surface area (Å²) >= 11 is 5.63. The van der Waals surface area contributed by atoms with Gasteiger partial charge in [0.1, 0.15) is 5.56 Å². The third kappa shape index (κ3) is 2.40. The number of esters is 1. The normalized spacial score (nSPS) is 10.3.